The van der Waals surface area contributed by atoms with Crippen LogP contribution in [0.25, 0.3) is 0 Å². The predicted octanol–water partition coefficient (Wildman–Crippen LogP) is 4.31. The first kappa shape index (κ1) is 14.3. The summed E-state index contributed by atoms with van der Waals surface area (Å²) < 4.78 is 0. The highest BCUT2D eigenvalue weighted by Gasteiger charge is 2.45. The average Bonchev–Trinajstić information content (AvgIpc) is 2.65. The highest BCUT2D eigenvalue weighted by atomic mass is 35.5. The van der Waals surface area contributed by atoms with Crippen molar-refractivity contribution in [2.75, 3.05) is 13.1 Å². The Morgan fingerprint density at radius 2 is 1.82 bits per heavy atom. The number of piperidine rings is 1. The molecule has 4 heteroatoms. The SMILES string of the molecule is O=C1c2cc(Cl)ccc2Sc2ccccc2C12CCNCC2. The van der Waals surface area contributed by atoms with Crippen LogP contribution < -0.4 is 5.32 Å². The second kappa shape index (κ2) is 5.41. The number of benzene rings is 2. The van der Waals surface area contributed by atoms with Crippen LogP contribution in [0.3, 0.4) is 0 Å². The third-order valence-electron chi connectivity index (χ3n) is 4.70. The van der Waals surface area contributed by atoms with Crippen molar-refractivity contribution in [3.05, 3.63) is 58.6 Å². The van der Waals surface area contributed by atoms with E-state index in [2.05, 4.69) is 17.4 Å². The molecule has 2 aliphatic rings. The Bertz CT molecular complexity index is 753. The maximum absolute atomic E-state index is 13.4. The minimum Gasteiger partial charge on any atom is -0.317 e. The molecule has 1 spiro atoms. The van der Waals surface area contributed by atoms with Gasteiger partial charge >= 0.3 is 0 Å². The lowest BCUT2D eigenvalue weighted by molar-refractivity contribution is 0.0842. The van der Waals surface area contributed by atoms with E-state index >= 15 is 0 Å². The van der Waals surface area contributed by atoms with Crippen molar-refractivity contribution < 1.29 is 4.79 Å². The topological polar surface area (TPSA) is 29.1 Å². The number of carbonyl (C=O) groups excluding carboxylic acids is 1. The summed E-state index contributed by atoms with van der Waals surface area (Å²) in [7, 11) is 0. The molecule has 112 valence electrons. The normalized spacial score (nSPS) is 19.4. The first-order valence-corrected chi connectivity index (χ1v) is 8.73. The summed E-state index contributed by atoms with van der Waals surface area (Å²) in [6, 6.07) is 14.0. The van der Waals surface area contributed by atoms with Gasteiger partial charge in [-0.25, -0.2) is 0 Å². The first-order valence-electron chi connectivity index (χ1n) is 7.53. The minimum atomic E-state index is -0.412. The fraction of sp³-hybridized carbons (Fsp3) is 0.278. The van der Waals surface area contributed by atoms with E-state index in [9.17, 15) is 4.79 Å². The fourth-order valence-corrected chi connectivity index (χ4v) is 4.89. The average molecular weight is 330 g/mol. The summed E-state index contributed by atoms with van der Waals surface area (Å²) in [4.78, 5) is 15.6. The van der Waals surface area contributed by atoms with Gasteiger partial charge in [-0.05, 0) is 55.8 Å². The first-order chi connectivity index (χ1) is 10.7. The Morgan fingerprint density at radius 1 is 1.05 bits per heavy atom. The molecule has 0 unspecified atom stereocenters. The lowest BCUT2D eigenvalue weighted by atomic mass is 9.68. The number of Topliss-reactive ketones (excluding diaryl/α,β-unsaturated/α-hetero) is 1. The van der Waals surface area contributed by atoms with Crippen molar-refractivity contribution in [3.63, 3.8) is 0 Å². The van der Waals surface area contributed by atoms with Gasteiger partial charge in [0.15, 0.2) is 5.78 Å². The number of fused-ring (bicyclic) bond motifs is 3. The van der Waals surface area contributed by atoms with Crippen LogP contribution in [0.1, 0.15) is 28.8 Å². The van der Waals surface area contributed by atoms with Crippen molar-refractivity contribution in [2.24, 2.45) is 0 Å². The Morgan fingerprint density at radius 3 is 2.64 bits per heavy atom. The van der Waals surface area contributed by atoms with E-state index in [1.807, 2.05) is 30.3 Å². The molecule has 0 atom stereocenters. The molecule has 2 aliphatic heterocycles. The van der Waals surface area contributed by atoms with Crippen LogP contribution in [0.4, 0.5) is 0 Å². The molecule has 0 saturated carbocycles. The Hall–Kier alpha value is -1.29. The number of halogens is 1. The van der Waals surface area contributed by atoms with Crippen LogP contribution in [-0.2, 0) is 5.41 Å². The number of rotatable bonds is 0. The third kappa shape index (κ3) is 2.11. The molecule has 2 nitrogen and oxygen atoms in total. The molecule has 2 aromatic carbocycles. The Balaban J connectivity index is 1.99. The second-order valence-corrected chi connectivity index (χ2v) is 7.42. The van der Waals surface area contributed by atoms with Crippen molar-refractivity contribution in [1.82, 2.24) is 5.32 Å². The predicted molar refractivity (Wildman–Crippen MR) is 90.1 cm³/mol. The van der Waals surface area contributed by atoms with Crippen molar-refractivity contribution in [1.29, 1.82) is 0 Å². The van der Waals surface area contributed by atoms with Gasteiger partial charge in [0.05, 0.1) is 5.41 Å². The molecule has 0 radical (unpaired) electrons. The molecule has 4 rings (SSSR count). The smallest absolute Gasteiger partial charge is 0.174 e. The molecule has 1 saturated heterocycles. The van der Waals surface area contributed by atoms with E-state index in [1.54, 1.807) is 11.8 Å². The number of hydrogen-bond donors (Lipinski definition) is 1. The molecule has 0 bridgehead atoms. The van der Waals surface area contributed by atoms with Gasteiger partial charge in [0.25, 0.3) is 0 Å². The maximum Gasteiger partial charge on any atom is 0.174 e. The molecule has 0 aromatic heterocycles. The van der Waals surface area contributed by atoms with Gasteiger partial charge in [0.2, 0.25) is 0 Å². The molecule has 2 heterocycles. The summed E-state index contributed by atoms with van der Waals surface area (Å²) in [5, 5.41) is 4.01. The van der Waals surface area contributed by atoms with Gasteiger partial charge in [-0.3, -0.25) is 4.79 Å². The van der Waals surface area contributed by atoms with Crippen molar-refractivity contribution in [3.8, 4) is 0 Å². The molecular formula is C18H16ClNOS. The summed E-state index contributed by atoms with van der Waals surface area (Å²) in [6.45, 7) is 1.75. The van der Waals surface area contributed by atoms with Crippen LogP contribution in [0.5, 0.6) is 0 Å². The van der Waals surface area contributed by atoms with Gasteiger partial charge in [-0.15, -0.1) is 0 Å². The lowest BCUT2D eigenvalue weighted by Gasteiger charge is -2.36. The zero-order chi connectivity index (χ0) is 15.2. The molecule has 22 heavy (non-hydrogen) atoms. The van der Waals surface area contributed by atoms with E-state index in [0.717, 1.165) is 36.4 Å². The van der Waals surface area contributed by atoms with E-state index < -0.39 is 5.41 Å². The van der Waals surface area contributed by atoms with Gasteiger partial charge in [0, 0.05) is 20.4 Å². The molecule has 0 aliphatic carbocycles. The highest BCUT2D eigenvalue weighted by molar-refractivity contribution is 7.99. The van der Waals surface area contributed by atoms with Crippen LogP contribution in [0, 0.1) is 0 Å². The summed E-state index contributed by atoms with van der Waals surface area (Å²) in [6.07, 6.45) is 1.69. The largest absolute Gasteiger partial charge is 0.317 e. The molecular weight excluding hydrogens is 314 g/mol. The fourth-order valence-electron chi connectivity index (χ4n) is 3.57. The summed E-state index contributed by atoms with van der Waals surface area (Å²) in [5.74, 6) is 0.226. The van der Waals surface area contributed by atoms with Gasteiger partial charge < -0.3 is 5.32 Å². The van der Waals surface area contributed by atoms with E-state index in [4.69, 9.17) is 11.6 Å². The van der Waals surface area contributed by atoms with Gasteiger partial charge in [0.1, 0.15) is 0 Å². The van der Waals surface area contributed by atoms with E-state index in [0.29, 0.717) is 5.02 Å². The third-order valence-corrected chi connectivity index (χ3v) is 6.09. The van der Waals surface area contributed by atoms with Crippen LogP contribution in [0.2, 0.25) is 5.02 Å². The van der Waals surface area contributed by atoms with Crippen molar-refractivity contribution >= 4 is 29.1 Å². The summed E-state index contributed by atoms with van der Waals surface area (Å²) >= 11 is 7.84. The molecule has 1 fully saturated rings. The zero-order valence-electron chi connectivity index (χ0n) is 12.1. The number of ketones is 1. The van der Waals surface area contributed by atoms with Crippen LogP contribution in [0.15, 0.2) is 52.3 Å². The standard InChI is InChI=1S/C18H16ClNOS/c19-12-5-6-15-13(11-12)17(21)18(7-9-20-10-8-18)14-3-1-2-4-16(14)22-15/h1-6,11,20H,7-10H2. The lowest BCUT2D eigenvalue weighted by Crippen LogP contribution is -2.45. The Kier molecular flexibility index (Phi) is 3.52. The molecule has 0 amide bonds. The van der Waals surface area contributed by atoms with Gasteiger partial charge in [-0.1, -0.05) is 41.6 Å². The Labute approximate surface area is 139 Å². The molecule has 2 aromatic rings. The molecule has 1 N–H and O–H groups in total. The highest BCUT2D eigenvalue weighted by Crippen LogP contribution is 2.48. The number of hydrogen-bond acceptors (Lipinski definition) is 3. The van der Waals surface area contributed by atoms with E-state index in [-0.39, 0.29) is 5.78 Å². The zero-order valence-corrected chi connectivity index (χ0v) is 13.6. The quantitative estimate of drug-likeness (QED) is 0.781. The van der Waals surface area contributed by atoms with E-state index in [1.165, 1.54) is 10.5 Å². The number of nitrogens with one attached hydrogen (secondary N) is 1. The summed E-state index contributed by atoms with van der Waals surface area (Å²) in [5.41, 5.74) is 1.54. The minimum absolute atomic E-state index is 0.226. The second-order valence-electron chi connectivity index (χ2n) is 5.90. The van der Waals surface area contributed by atoms with Crippen molar-refractivity contribution in [2.45, 2.75) is 28.0 Å². The van der Waals surface area contributed by atoms with Crippen LogP contribution >= 0.6 is 23.4 Å². The monoisotopic (exact) mass is 329 g/mol. The maximum atomic E-state index is 13.4. The van der Waals surface area contributed by atoms with Gasteiger partial charge in [-0.2, -0.15) is 0 Å². The van der Waals surface area contributed by atoms with Crippen LogP contribution in [-0.4, -0.2) is 18.9 Å². The number of carbonyl (C=O) groups is 1.